The van der Waals surface area contributed by atoms with E-state index in [-0.39, 0.29) is 30.3 Å². The van der Waals surface area contributed by atoms with Gasteiger partial charge in [0.15, 0.2) is 0 Å². The predicted molar refractivity (Wildman–Crippen MR) is 122 cm³/mol. The molecule has 2 aliphatic heterocycles. The molecular formula is C25H33N3O3. The lowest BCUT2D eigenvalue weighted by atomic mass is 9.98. The molecule has 2 aromatic rings. The number of nitrogens with zero attached hydrogens (tertiary/aromatic N) is 3. The molecule has 0 spiro atoms. The third kappa shape index (κ3) is 4.75. The molecule has 31 heavy (non-hydrogen) atoms. The molecule has 0 N–H and O–H groups in total. The van der Waals surface area contributed by atoms with Crippen LogP contribution in [0.3, 0.4) is 0 Å². The van der Waals surface area contributed by atoms with Gasteiger partial charge in [0.25, 0.3) is 5.91 Å². The van der Waals surface area contributed by atoms with Crippen LogP contribution in [0.15, 0.2) is 36.5 Å². The third-order valence-corrected chi connectivity index (χ3v) is 6.22. The highest BCUT2D eigenvalue weighted by molar-refractivity contribution is 5.93. The molecule has 4 unspecified atom stereocenters. The lowest BCUT2D eigenvalue weighted by Crippen LogP contribution is -2.48. The van der Waals surface area contributed by atoms with E-state index in [2.05, 4.69) is 55.8 Å². The Kier molecular flexibility index (Phi) is 6.30. The minimum atomic E-state index is -0.121. The second-order valence-electron chi connectivity index (χ2n) is 9.05. The number of benzene rings is 1. The molecular weight excluding hydrogens is 390 g/mol. The minimum Gasteiger partial charge on any atom is -0.372 e. The van der Waals surface area contributed by atoms with Crippen molar-refractivity contribution in [2.75, 3.05) is 31.1 Å². The molecule has 1 amide bonds. The molecule has 4 rings (SSSR count). The maximum Gasteiger partial charge on any atom is 0.272 e. The van der Waals surface area contributed by atoms with Crippen LogP contribution in [0.2, 0.25) is 0 Å². The van der Waals surface area contributed by atoms with Gasteiger partial charge in [-0.05, 0) is 57.9 Å². The van der Waals surface area contributed by atoms with Crippen LogP contribution < -0.4 is 4.90 Å². The molecule has 0 bridgehead atoms. The molecule has 0 aliphatic carbocycles. The summed E-state index contributed by atoms with van der Waals surface area (Å²) in [5.41, 5.74) is 5.05. The Morgan fingerprint density at radius 3 is 2.52 bits per heavy atom. The predicted octanol–water partition coefficient (Wildman–Crippen LogP) is 3.91. The first-order valence-corrected chi connectivity index (χ1v) is 11.2. The summed E-state index contributed by atoms with van der Waals surface area (Å²) in [5, 5.41) is 0. The molecule has 4 atom stereocenters. The van der Waals surface area contributed by atoms with E-state index in [0.717, 1.165) is 24.3 Å². The van der Waals surface area contributed by atoms with Crippen molar-refractivity contribution >= 4 is 11.6 Å². The standard InChI is InChI=1S/C25H33N3O3/c1-16-6-7-17(2)22(10-16)24-14-28(18(3)15-30-24)25(29)23-11-21(8-9-26-23)27-12-19(4)31-20(5)13-27/h6-11,18-20,24H,12-15H2,1-5H3. The van der Waals surface area contributed by atoms with Crippen LogP contribution in [0.4, 0.5) is 5.69 Å². The van der Waals surface area contributed by atoms with Gasteiger partial charge in [0, 0.05) is 25.0 Å². The van der Waals surface area contributed by atoms with Crippen LogP contribution in [-0.2, 0) is 9.47 Å². The third-order valence-electron chi connectivity index (χ3n) is 6.22. The van der Waals surface area contributed by atoms with Gasteiger partial charge >= 0.3 is 0 Å². The van der Waals surface area contributed by atoms with Crippen LogP contribution in [-0.4, -0.2) is 60.3 Å². The van der Waals surface area contributed by atoms with Crippen molar-refractivity contribution in [3.8, 4) is 0 Å². The van der Waals surface area contributed by atoms with Gasteiger partial charge < -0.3 is 19.3 Å². The van der Waals surface area contributed by atoms with Gasteiger partial charge in [-0.25, -0.2) is 0 Å². The maximum absolute atomic E-state index is 13.5. The van der Waals surface area contributed by atoms with Gasteiger partial charge in [0.1, 0.15) is 11.8 Å². The van der Waals surface area contributed by atoms with Gasteiger partial charge in [0.2, 0.25) is 0 Å². The van der Waals surface area contributed by atoms with Gasteiger partial charge in [-0.3, -0.25) is 9.78 Å². The van der Waals surface area contributed by atoms with Crippen molar-refractivity contribution in [1.82, 2.24) is 9.88 Å². The normalized spacial score (nSPS) is 26.7. The van der Waals surface area contributed by atoms with E-state index in [1.54, 1.807) is 6.20 Å². The Hall–Kier alpha value is -2.44. The fourth-order valence-electron chi connectivity index (χ4n) is 4.60. The number of morpholine rings is 2. The SMILES string of the molecule is Cc1ccc(C)c(C2CN(C(=O)c3cc(N4CC(C)OC(C)C4)ccn3)C(C)CO2)c1. The van der Waals surface area contributed by atoms with E-state index in [0.29, 0.717) is 18.8 Å². The molecule has 0 radical (unpaired) electrons. The zero-order valence-corrected chi connectivity index (χ0v) is 19.2. The number of carbonyl (C=O) groups is 1. The molecule has 6 heteroatoms. The first kappa shape index (κ1) is 21.8. The molecule has 2 aliphatic rings. The molecule has 2 fully saturated rings. The van der Waals surface area contributed by atoms with Gasteiger partial charge in [0.05, 0.1) is 31.4 Å². The van der Waals surface area contributed by atoms with Crippen LogP contribution in [0.25, 0.3) is 0 Å². The Morgan fingerprint density at radius 2 is 1.77 bits per heavy atom. The molecule has 2 saturated heterocycles. The van der Waals surface area contributed by atoms with Crippen molar-refractivity contribution < 1.29 is 14.3 Å². The number of amides is 1. The van der Waals surface area contributed by atoms with E-state index in [4.69, 9.17) is 9.47 Å². The van der Waals surface area contributed by atoms with Gasteiger partial charge in [-0.15, -0.1) is 0 Å². The Morgan fingerprint density at radius 1 is 1.03 bits per heavy atom. The first-order chi connectivity index (χ1) is 14.8. The molecule has 0 saturated carbocycles. The number of ether oxygens (including phenoxy) is 2. The lowest BCUT2D eigenvalue weighted by molar-refractivity contribution is -0.0491. The Balaban J connectivity index is 1.55. The fraction of sp³-hybridized carbons (Fsp3) is 0.520. The van der Waals surface area contributed by atoms with Gasteiger partial charge in [-0.1, -0.05) is 23.8 Å². The Bertz CT molecular complexity index is 937. The van der Waals surface area contributed by atoms with Crippen LogP contribution >= 0.6 is 0 Å². The average Bonchev–Trinajstić information content (AvgIpc) is 2.75. The molecule has 166 valence electrons. The largest absolute Gasteiger partial charge is 0.372 e. The topological polar surface area (TPSA) is 54.9 Å². The van der Waals surface area contributed by atoms with Crippen molar-refractivity contribution in [3.63, 3.8) is 0 Å². The summed E-state index contributed by atoms with van der Waals surface area (Å²) >= 11 is 0. The van der Waals surface area contributed by atoms with Crippen molar-refractivity contribution in [3.05, 3.63) is 58.9 Å². The number of aryl methyl sites for hydroxylation is 2. The van der Waals surface area contributed by atoms with Crippen molar-refractivity contribution in [2.45, 2.75) is 59.0 Å². The molecule has 3 heterocycles. The van der Waals surface area contributed by atoms with E-state index >= 15 is 0 Å². The first-order valence-electron chi connectivity index (χ1n) is 11.2. The average molecular weight is 424 g/mol. The molecule has 1 aromatic heterocycles. The highest BCUT2D eigenvalue weighted by Gasteiger charge is 2.33. The van der Waals surface area contributed by atoms with Crippen LogP contribution in [0.1, 0.15) is 54.1 Å². The number of hydrogen-bond donors (Lipinski definition) is 0. The summed E-state index contributed by atoms with van der Waals surface area (Å²) in [4.78, 5) is 22.1. The monoisotopic (exact) mass is 423 g/mol. The fourth-order valence-corrected chi connectivity index (χ4v) is 4.60. The van der Waals surface area contributed by atoms with E-state index in [1.807, 2.05) is 24.0 Å². The van der Waals surface area contributed by atoms with Crippen LogP contribution in [0, 0.1) is 13.8 Å². The minimum absolute atomic E-state index is 0.00255. The van der Waals surface area contributed by atoms with Gasteiger partial charge in [-0.2, -0.15) is 0 Å². The van der Waals surface area contributed by atoms with Crippen molar-refractivity contribution in [1.29, 1.82) is 0 Å². The summed E-state index contributed by atoms with van der Waals surface area (Å²) in [6, 6.07) is 10.3. The summed E-state index contributed by atoms with van der Waals surface area (Å²) in [7, 11) is 0. The number of rotatable bonds is 3. The maximum atomic E-state index is 13.5. The molecule has 6 nitrogen and oxygen atoms in total. The zero-order chi connectivity index (χ0) is 22.1. The van der Waals surface area contributed by atoms with Crippen molar-refractivity contribution in [2.24, 2.45) is 0 Å². The number of aromatic nitrogens is 1. The summed E-state index contributed by atoms with van der Waals surface area (Å²) in [6.07, 6.45) is 1.94. The Labute approximate surface area is 185 Å². The number of hydrogen-bond acceptors (Lipinski definition) is 5. The van der Waals surface area contributed by atoms with E-state index in [1.165, 1.54) is 11.1 Å². The van der Waals surface area contributed by atoms with E-state index in [9.17, 15) is 4.79 Å². The highest BCUT2D eigenvalue weighted by Crippen LogP contribution is 2.29. The highest BCUT2D eigenvalue weighted by atomic mass is 16.5. The second kappa shape index (κ2) is 8.97. The zero-order valence-electron chi connectivity index (χ0n) is 19.2. The smallest absolute Gasteiger partial charge is 0.272 e. The second-order valence-corrected chi connectivity index (χ2v) is 9.05. The summed E-state index contributed by atoms with van der Waals surface area (Å²) < 4.78 is 12.0. The number of carbonyl (C=O) groups excluding carboxylic acids is 1. The number of anilines is 1. The summed E-state index contributed by atoms with van der Waals surface area (Å²) in [6.45, 7) is 13.0. The quantitative estimate of drug-likeness (QED) is 0.749. The number of pyridine rings is 1. The lowest BCUT2D eigenvalue weighted by Gasteiger charge is -2.39. The van der Waals surface area contributed by atoms with Crippen LogP contribution in [0.5, 0.6) is 0 Å². The molecule has 1 aromatic carbocycles. The summed E-state index contributed by atoms with van der Waals surface area (Å²) in [5.74, 6) is -0.0395. The van der Waals surface area contributed by atoms with E-state index < -0.39 is 0 Å².